The summed E-state index contributed by atoms with van der Waals surface area (Å²) in [5.41, 5.74) is 0. The predicted octanol–water partition coefficient (Wildman–Crippen LogP) is 2.57. The Hall–Kier alpha value is 0.479. The molecular formula is C14H18FeO. The van der Waals surface area contributed by atoms with Crippen molar-refractivity contribution in [3.63, 3.8) is 0 Å². The van der Waals surface area contributed by atoms with Crippen molar-refractivity contribution in [2.24, 2.45) is 0 Å². The van der Waals surface area contributed by atoms with Gasteiger partial charge >= 0.3 is 0 Å². The van der Waals surface area contributed by atoms with E-state index in [0.29, 0.717) is 0 Å². The minimum absolute atomic E-state index is 0. The topological polar surface area (TPSA) is 20.2 Å². The summed E-state index contributed by atoms with van der Waals surface area (Å²) in [6.07, 6.45) is 19.9. The van der Waals surface area contributed by atoms with Gasteiger partial charge in [0.1, 0.15) is 0 Å². The third-order valence-electron chi connectivity index (χ3n) is 2.14. The Labute approximate surface area is 112 Å². The van der Waals surface area contributed by atoms with Gasteiger partial charge in [0.25, 0.3) is 0 Å². The summed E-state index contributed by atoms with van der Waals surface area (Å²) in [7, 11) is 0. The molecule has 1 nitrogen and oxygen atoms in total. The van der Waals surface area contributed by atoms with Crippen LogP contribution in [0.1, 0.15) is 19.8 Å². The molecule has 2 aliphatic rings. The maximum Gasteiger partial charge on any atom is 0.0512 e. The first-order valence-corrected chi connectivity index (χ1v) is 5.34. The number of hydrogen-bond donors (Lipinski definition) is 1. The van der Waals surface area contributed by atoms with E-state index < -0.39 is 0 Å². The first-order chi connectivity index (χ1) is 7.29. The van der Waals surface area contributed by atoms with E-state index in [-0.39, 0.29) is 23.2 Å². The minimum atomic E-state index is -0.171. The van der Waals surface area contributed by atoms with E-state index in [4.69, 9.17) is 5.11 Å². The average molecular weight is 258 g/mol. The second-order valence-electron chi connectivity index (χ2n) is 3.64. The summed E-state index contributed by atoms with van der Waals surface area (Å²) in [4.78, 5) is 0. The van der Waals surface area contributed by atoms with Gasteiger partial charge in [-0.25, -0.2) is 0 Å². The van der Waals surface area contributed by atoms with Crippen LogP contribution in [-0.2, 0) is 17.1 Å². The molecule has 2 rings (SSSR count). The van der Waals surface area contributed by atoms with Gasteiger partial charge in [-0.1, -0.05) is 0 Å². The van der Waals surface area contributed by atoms with Crippen molar-refractivity contribution < 1.29 is 22.2 Å². The molecule has 1 atom stereocenters. The second-order valence-corrected chi connectivity index (χ2v) is 3.64. The summed E-state index contributed by atoms with van der Waals surface area (Å²) in [6, 6.07) is 0. The Bertz CT molecular complexity index is 130. The third-order valence-corrected chi connectivity index (χ3v) is 2.14. The molecule has 2 fully saturated rings. The summed E-state index contributed by atoms with van der Waals surface area (Å²) >= 11 is 0. The van der Waals surface area contributed by atoms with E-state index in [1.54, 1.807) is 0 Å². The van der Waals surface area contributed by atoms with Crippen molar-refractivity contribution in [3.8, 4) is 0 Å². The van der Waals surface area contributed by atoms with Gasteiger partial charge in [0.05, 0.1) is 6.10 Å². The smallest absolute Gasteiger partial charge is 0.0512 e. The van der Waals surface area contributed by atoms with E-state index >= 15 is 0 Å². The Kier molecular flexibility index (Phi) is 10.9. The number of aliphatic hydroxyl groups is 1. The maximum absolute atomic E-state index is 8.95. The molecule has 0 amide bonds. The molecule has 1 unspecified atom stereocenters. The molecule has 0 aromatic carbocycles. The van der Waals surface area contributed by atoms with E-state index in [2.05, 4.69) is 12.8 Å². The Balaban J connectivity index is 0.000000318. The van der Waals surface area contributed by atoms with Crippen LogP contribution in [0.15, 0.2) is 0 Å². The quantitative estimate of drug-likeness (QED) is 0.771. The molecule has 2 aliphatic carbocycles. The van der Waals surface area contributed by atoms with Crippen LogP contribution >= 0.6 is 0 Å². The van der Waals surface area contributed by atoms with Gasteiger partial charge in [0.2, 0.25) is 0 Å². The van der Waals surface area contributed by atoms with Gasteiger partial charge in [-0.3, -0.25) is 0 Å². The zero-order chi connectivity index (χ0) is 10.9. The van der Waals surface area contributed by atoms with Crippen LogP contribution in [-0.4, -0.2) is 11.2 Å². The molecule has 0 bridgehead atoms. The fraction of sp³-hybridized carbons (Fsp3) is 0.286. The van der Waals surface area contributed by atoms with Gasteiger partial charge in [0, 0.05) is 17.1 Å². The second kappa shape index (κ2) is 10.6. The van der Waals surface area contributed by atoms with Gasteiger partial charge in [-0.2, -0.15) is 0 Å². The van der Waals surface area contributed by atoms with Crippen molar-refractivity contribution in [3.05, 3.63) is 63.7 Å². The van der Waals surface area contributed by atoms with E-state index in [1.165, 1.54) is 5.92 Å². The van der Waals surface area contributed by atoms with Crippen LogP contribution < -0.4 is 0 Å². The molecule has 1 N–H and O–H groups in total. The SMILES string of the molecule is CC(O)CC[C]1[CH][CH][CH][CH]1.[CH]1[CH][CH][CH][CH]1.[Fe]. The van der Waals surface area contributed by atoms with E-state index in [1.807, 2.05) is 51.9 Å². The van der Waals surface area contributed by atoms with E-state index in [9.17, 15) is 0 Å². The van der Waals surface area contributed by atoms with E-state index in [0.717, 1.165) is 12.8 Å². The normalized spacial score (nSPS) is 22.1. The van der Waals surface area contributed by atoms with Gasteiger partial charge < -0.3 is 5.11 Å². The molecule has 88 valence electrons. The third kappa shape index (κ3) is 8.61. The van der Waals surface area contributed by atoms with Crippen molar-refractivity contribution in [1.82, 2.24) is 0 Å². The summed E-state index contributed by atoms with van der Waals surface area (Å²) in [5, 5.41) is 8.95. The van der Waals surface area contributed by atoms with Gasteiger partial charge in [-0.05, 0) is 83.5 Å². The molecule has 2 saturated carbocycles. The standard InChI is InChI=1S/C9H13O.C5H5.Fe/c1-8(10)6-7-9-4-2-3-5-9;1-2-4-5-3-1;/h2-5,8,10H,6-7H2,1H3;1-5H;. The summed E-state index contributed by atoms with van der Waals surface area (Å²) in [6.45, 7) is 1.82. The summed E-state index contributed by atoms with van der Waals surface area (Å²) in [5.74, 6) is 1.32. The molecular weight excluding hydrogens is 240 g/mol. The van der Waals surface area contributed by atoms with Crippen molar-refractivity contribution >= 4 is 0 Å². The van der Waals surface area contributed by atoms with Crippen LogP contribution in [0.5, 0.6) is 0 Å². The van der Waals surface area contributed by atoms with Crippen LogP contribution in [0.4, 0.5) is 0 Å². The zero-order valence-corrected chi connectivity index (χ0v) is 10.6. The predicted molar refractivity (Wildman–Crippen MR) is 62.9 cm³/mol. The Morgan fingerprint density at radius 1 is 0.938 bits per heavy atom. The van der Waals surface area contributed by atoms with Crippen LogP contribution in [0.3, 0.4) is 0 Å². The molecule has 16 heavy (non-hydrogen) atoms. The van der Waals surface area contributed by atoms with Crippen molar-refractivity contribution in [2.75, 3.05) is 0 Å². The largest absolute Gasteiger partial charge is 0.393 e. The molecule has 0 heterocycles. The summed E-state index contributed by atoms with van der Waals surface area (Å²) < 4.78 is 0. The molecule has 0 aromatic heterocycles. The number of rotatable bonds is 3. The van der Waals surface area contributed by atoms with Gasteiger partial charge in [-0.15, -0.1) is 0 Å². The van der Waals surface area contributed by atoms with Crippen LogP contribution in [0.2, 0.25) is 0 Å². The Morgan fingerprint density at radius 2 is 1.38 bits per heavy atom. The first kappa shape index (κ1) is 16.5. The molecule has 10 radical (unpaired) electrons. The minimum Gasteiger partial charge on any atom is -0.393 e. The number of hydrogen-bond acceptors (Lipinski definition) is 1. The van der Waals surface area contributed by atoms with Crippen molar-refractivity contribution in [2.45, 2.75) is 25.9 Å². The molecule has 0 aliphatic heterocycles. The van der Waals surface area contributed by atoms with Crippen molar-refractivity contribution in [1.29, 1.82) is 0 Å². The fourth-order valence-corrected chi connectivity index (χ4v) is 1.28. The molecule has 0 saturated heterocycles. The molecule has 0 aromatic rings. The van der Waals surface area contributed by atoms with Gasteiger partial charge in [0.15, 0.2) is 0 Å². The van der Waals surface area contributed by atoms with Crippen LogP contribution in [0, 0.1) is 63.7 Å². The average Bonchev–Trinajstić information content (AvgIpc) is 2.91. The zero-order valence-electron chi connectivity index (χ0n) is 9.49. The maximum atomic E-state index is 8.95. The number of aliphatic hydroxyl groups excluding tert-OH is 1. The Morgan fingerprint density at radius 3 is 1.75 bits per heavy atom. The fourth-order valence-electron chi connectivity index (χ4n) is 1.28. The molecule has 0 spiro atoms. The van der Waals surface area contributed by atoms with Crippen LogP contribution in [0.25, 0.3) is 0 Å². The first-order valence-electron chi connectivity index (χ1n) is 5.34. The monoisotopic (exact) mass is 258 g/mol. The molecule has 2 heteroatoms.